The topological polar surface area (TPSA) is 30.5 Å². The first-order valence-electron chi connectivity index (χ1n) is 5.61. The first-order chi connectivity index (χ1) is 6.75. The van der Waals surface area contributed by atoms with Crippen LogP contribution in [0, 0.1) is 5.92 Å². The molecule has 0 radical (unpaired) electrons. The smallest absolute Gasteiger partial charge is 0.187 e. The quantitative estimate of drug-likeness (QED) is 0.704. The van der Waals surface area contributed by atoms with Crippen molar-refractivity contribution in [3.8, 4) is 0 Å². The number of alkyl halides is 1. The Bertz CT molecular complexity index is 183. The van der Waals surface area contributed by atoms with Gasteiger partial charge in [0.15, 0.2) is 5.50 Å². The maximum atomic E-state index is 12.9. The molecule has 1 saturated carbocycles. The molecule has 1 aliphatic carbocycles. The molecule has 0 bridgehead atoms. The van der Waals surface area contributed by atoms with Gasteiger partial charge in [0.05, 0.1) is 13.1 Å². The fraction of sp³-hybridized carbons (Fsp3) is 1.00. The van der Waals surface area contributed by atoms with Crippen molar-refractivity contribution < 1.29 is 9.29 Å². The van der Waals surface area contributed by atoms with E-state index in [9.17, 15) is 4.39 Å². The number of rotatable bonds is 2. The van der Waals surface area contributed by atoms with E-state index in [2.05, 4.69) is 0 Å². The minimum atomic E-state index is -0.525. The summed E-state index contributed by atoms with van der Waals surface area (Å²) in [6, 6.07) is 0. The Morgan fingerprint density at radius 1 is 1.29 bits per heavy atom. The Morgan fingerprint density at radius 2 is 2.00 bits per heavy atom. The molecule has 82 valence electrons. The van der Waals surface area contributed by atoms with Gasteiger partial charge in [-0.25, -0.2) is 4.39 Å². The summed E-state index contributed by atoms with van der Waals surface area (Å²) in [6.07, 6.45) is 3.17. The molecule has 14 heavy (non-hydrogen) atoms. The van der Waals surface area contributed by atoms with Crippen molar-refractivity contribution in [2.24, 2.45) is 11.7 Å². The summed E-state index contributed by atoms with van der Waals surface area (Å²) in [4.78, 5) is 1.53. The van der Waals surface area contributed by atoms with Gasteiger partial charge in [-0.1, -0.05) is 11.8 Å². The second-order valence-corrected chi connectivity index (χ2v) is 5.77. The van der Waals surface area contributed by atoms with E-state index in [0.29, 0.717) is 0 Å². The Kier molecular flexibility index (Phi) is 3.68. The second-order valence-electron chi connectivity index (χ2n) is 4.52. The van der Waals surface area contributed by atoms with E-state index in [0.717, 1.165) is 31.6 Å². The molecular formula is C10H20FN2S+. The predicted octanol–water partition coefficient (Wildman–Crippen LogP) is 0.389. The molecule has 2 aliphatic rings. The molecule has 2 unspecified atom stereocenters. The molecule has 0 aromatic heterocycles. The van der Waals surface area contributed by atoms with Crippen LogP contribution in [0.4, 0.5) is 4.39 Å². The molecule has 1 heterocycles. The Balaban J connectivity index is 1.74. The average molecular weight is 219 g/mol. The lowest BCUT2D eigenvalue weighted by molar-refractivity contribution is -0.906. The van der Waals surface area contributed by atoms with Gasteiger partial charge in [0.25, 0.3) is 0 Å². The van der Waals surface area contributed by atoms with Gasteiger partial charge in [-0.3, -0.25) is 5.73 Å². The standard InChI is InChI=1S/C10H19FN2S/c11-9-3-1-8(2-4-9)7-13-5-6-14-10(13)12/h8-10H,1-7,12H2/p+1. The number of nitrogens with one attached hydrogen (secondary N) is 1. The summed E-state index contributed by atoms with van der Waals surface area (Å²) in [5.74, 6) is 1.91. The highest BCUT2D eigenvalue weighted by atomic mass is 32.2. The van der Waals surface area contributed by atoms with E-state index >= 15 is 0 Å². The summed E-state index contributed by atoms with van der Waals surface area (Å²) < 4.78 is 12.9. The van der Waals surface area contributed by atoms with Crippen molar-refractivity contribution in [1.82, 2.24) is 0 Å². The summed E-state index contributed by atoms with van der Waals surface area (Å²) in [6.45, 7) is 2.36. The highest BCUT2D eigenvalue weighted by Gasteiger charge is 2.30. The molecule has 1 aliphatic heterocycles. The van der Waals surface area contributed by atoms with E-state index in [4.69, 9.17) is 5.73 Å². The summed E-state index contributed by atoms with van der Waals surface area (Å²) >= 11 is 1.86. The number of nitrogens with two attached hydrogens (primary N) is 1. The van der Waals surface area contributed by atoms with Gasteiger partial charge in [-0.15, -0.1) is 0 Å². The highest BCUT2D eigenvalue weighted by molar-refractivity contribution is 7.99. The molecule has 4 heteroatoms. The third-order valence-corrected chi connectivity index (χ3v) is 4.58. The summed E-state index contributed by atoms with van der Waals surface area (Å²) in [5, 5.41) is 0. The van der Waals surface area contributed by atoms with E-state index in [1.54, 1.807) is 0 Å². The van der Waals surface area contributed by atoms with Crippen LogP contribution < -0.4 is 10.6 Å². The van der Waals surface area contributed by atoms with Crippen LogP contribution in [0.15, 0.2) is 0 Å². The van der Waals surface area contributed by atoms with E-state index in [1.165, 1.54) is 23.7 Å². The number of halogens is 1. The van der Waals surface area contributed by atoms with Gasteiger partial charge >= 0.3 is 0 Å². The van der Waals surface area contributed by atoms with Crippen LogP contribution in [-0.4, -0.2) is 30.5 Å². The molecule has 0 amide bonds. The summed E-state index contributed by atoms with van der Waals surface area (Å²) in [5.41, 5.74) is 6.25. The van der Waals surface area contributed by atoms with Gasteiger partial charge < -0.3 is 4.90 Å². The maximum absolute atomic E-state index is 12.9. The summed E-state index contributed by atoms with van der Waals surface area (Å²) in [7, 11) is 0. The molecular weight excluding hydrogens is 199 g/mol. The van der Waals surface area contributed by atoms with E-state index in [-0.39, 0.29) is 5.50 Å². The Hall–Kier alpha value is 0.200. The number of hydrogen-bond donors (Lipinski definition) is 2. The third kappa shape index (κ3) is 2.61. The maximum Gasteiger partial charge on any atom is 0.187 e. The van der Waals surface area contributed by atoms with Crippen molar-refractivity contribution in [1.29, 1.82) is 0 Å². The monoisotopic (exact) mass is 219 g/mol. The number of thioether (sulfide) groups is 1. The average Bonchev–Trinajstić information content (AvgIpc) is 2.56. The van der Waals surface area contributed by atoms with E-state index < -0.39 is 6.17 Å². The molecule has 2 atom stereocenters. The molecule has 2 rings (SSSR count). The van der Waals surface area contributed by atoms with Gasteiger partial charge in [0, 0.05) is 11.7 Å². The lowest BCUT2D eigenvalue weighted by atomic mass is 9.88. The third-order valence-electron chi connectivity index (χ3n) is 3.45. The first-order valence-corrected chi connectivity index (χ1v) is 6.66. The van der Waals surface area contributed by atoms with Gasteiger partial charge in [-0.05, 0) is 25.7 Å². The SMILES string of the molecule is NC1SCC[NH+]1CC1CCC(F)CC1. The second kappa shape index (κ2) is 4.81. The largest absolute Gasteiger partial charge is 0.310 e. The van der Waals surface area contributed by atoms with Crippen molar-refractivity contribution in [3.63, 3.8) is 0 Å². The minimum Gasteiger partial charge on any atom is -0.310 e. The lowest BCUT2D eigenvalue weighted by Gasteiger charge is -2.27. The number of hydrogen-bond acceptors (Lipinski definition) is 2. The Morgan fingerprint density at radius 3 is 2.57 bits per heavy atom. The lowest BCUT2D eigenvalue weighted by Crippen LogP contribution is -3.15. The molecule has 3 N–H and O–H groups in total. The van der Waals surface area contributed by atoms with Gasteiger partial charge in [0.1, 0.15) is 6.17 Å². The highest BCUT2D eigenvalue weighted by Crippen LogP contribution is 2.25. The zero-order valence-electron chi connectivity index (χ0n) is 8.55. The van der Waals surface area contributed by atoms with Crippen molar-refractivity contribution in [2.75, 3.05) is 18.8 Å². The molecule has 0 aromatic rings. The van der Waals surface area contributed by atoms with Gasteiger partial charge in [-0.2, -0.15) is 0 Å². The van der Waals surface area contributed by atoms with E-state index in [1.807, 2.05) is 11.8 Å². The van der Waals surface area contributed by atoms with Crippen LogP contribution in [0.3, 0.4) is 0 Å². The van der Waals surface area contributed by atoms with Crippen LogP contribution in [-0.2, 0) is 0 Å². The predicted molar refractivity (Wildman–Crippen MR) is 58.0 cm³/mol. The fourth-order valence-corrected chi connectivity index (χ4v) is 3.58. The first kappa shape index (κ1) is 10.7. The fourth-order valence-electron chi connectivity index (χ4n) is 2.49. The van der Waals surface area contributed by atoms with Gasteiger partial charge in [0.2, 0.25) is 0 Å². The van der Waals surface area contributed by atoms with Crippen LogP contribution >= 0.6 is 11.8 Å². The van der Waals surface area contributed by atoms with Crippen molar-refractivity contribution in [2.45, 2.75) is 37.4 Å². The molecule has 0 spiro atoms. The molecule has 0 aromatic carbocycles. The normalized spacial score (nSPS) is 44.1. The zero-order valence-corrected chi connectivity index (χ0v) is 9.36. The molecule has 1 saturated heterocycles. The molecule has 2 nitrogen and oxygen atoms in total. The minimum absolute atomic E-state index is 0.276. The zero-order chi connectivity index (χ0) is 9.97. The van der Waals surface area contributed by atoms with Crippen LogP contribution in [0.2, 0.25) is 0 Å². The van der Waals surface area contributed by atoms with Crippen LogP contribution in [0.25, 0.3) is 0 Å². The molecule has 2 fully saturated rings. The van der Waals surface area contributed by atoms with Crippen LogP contribution in [0.5, 0.6) is 0 Å². The van der Waals surface area contributed by atoms with Crippen molar-refractivity contribution >= 4 is 11.8 Å². The van der Waals surface area contributed by atoms with Crippen LogP contribution in [0.1, 0.15) is 25.7 Å². The van der Waals surface area contributed by atoms with Crippen molar-refractivity contribution in [3.05, 3.63) is 0 Å². The Labute approximate surface area is 89.4 Å². The number of quaternary nitrogens is 1.